The van der Waals surface area contributed by atoms with Crippen LogP contribution in [-0.4, -0.2) is 6.61 Å². The van der Waals surface area contributed by atoms with Crippen LogP contribution in [-0.2, 0) is 10.3 Å². The van der Waals surface area contributed by atoms with Gasteiger partial charge >= 0.3 is 0 Å². The highest BCUT2D eigenvalue weighted by atomic mass is 79.9. The first-order chi connectivity index (χ1) is 6.27. The molecule has 1 aromatic carbocycles. The predicted octanol–water partition coefficient (Wildman–Crippen LogP) is 3.47. The van der Waals surface area contributed by atoms with Crippen molar-refractivity contribution < 1.29 is 4.74 Å². The molecular formula is C11H13BrO. The number of benzene rings is 1. The fourth-order valence-electron chi connectivity index (χ4n) is 1.81. The summed E-state index contributed by atoms with van der Waals surface area (Å²) < 4.78 is 6.80. The summed E-state index contributed by atoms with van der Waals surface area (Å²) in [6.07, 6.45) is 2.22. The molecule has 1 fully saturated rings. The first kappa shape index (κ1) is 9.22. The topological polar surface area (TPSA) is 9.23 Å². The van der Waals surface area contributed by atoms with Gasteiger partial charge in [0.1, 0.15) is 0 Å². The van der Waals surface area contributed by atoms with Crippen LogP contribution in [0.3, 0.4) is 0 Å². The van der Waals surface area contributed by atoms with E-state index in [1.54, 1.807) is 0 Å². The van der Waals surface area contributed by atoms with Crippen LogP contribution in [0.5, 0.6) is 0 Å². The molecule has 1 atom stereocenters. The second-order valence-corrected chi connectivity index (χ2v) is 4.37. The van der Waals surface area contributed by atoms with Crippen molar-refractivity contribution in [3.8, 4) is 0 Å². The molecular weight excluding hydrogens is 228 g/mol. The van der Waals surface area contributed by atoms with Crippen LogP contribution in [0.1, 0.15) is 25.3 Å². The summed E-state index contributed by atoms with van der Waals surface area (Å²) >= 11 is 3.43. The average molecular weight is 241 g/mol. The number of rotatable bonds is 2. The Kier molecular flexibility index (Phi) is 2.43. The summed E-state index contributed by atoms with van der Waals surface area (Å²) in [6, 6.07) is 8.45. The summed E-state index contributed by atoms with van der Waals surface area (Å²) in [5.41, 5.74) is 1.34. The lowest BCUT2D eigenvalue weighted by atomic mass is 9.84. The maximum Gasteiger partial charge on any atom is 0.0950 e. The maximum absolute atomic E-state index is 5.68. The van der Waals surface area contributed by atoms with Gasteiger partial charge in [0.05, 0.1) is 12.2 Å². The van der Waals surface area contributed by atoms with Crippen molar-refractivity contribution in [2.75, 3.05) is 6.61 Å². The quantitative estimate of drug-likeness (QED) is 0.770. The lowest BCUT2D eigenvalue weighted by molar-refractivity contribution is -0.156. The van der Waals surface area contributed by atoms with Crippen LogP contribution in [0.4, 0.5) is 0 Å². The van der Waals surface area contributed by atoms with Crippen LogP contribution in [0, 0.1) is 0 Å². The molecule has 0 N–H and O–H groups in total. The molecule has 0 aliphatic carbocycles. The molecule has 1 aromatic rings. The highest BCUT2D eigenvalue weighted by Gasteiger charge is 2.37. The van der Waals surface area contributed by atoms with E-state index in [0.717, 1.165) is 23.9 Å². The molecule has 0 saturated carbocycles. The van der Waals surface area contributed by atoms with Gasteiger partial charge in [-0.05, 0) is 24.1 Å². The first-order valence-corrected chi connectivity index (χ1v) is 5.46. The van der Waals surface area contributed by atoms with Gasteiger partial charge in [-0.15, -0.1) is 0 Å². The Labute approximate surface area is 87.2 Å². The molecule has 1 aliphatic rings. The zero-order valence-electron chi connectivity index (χ0n) is 7.72. The molecule has 2 rings (SSSR count). The fourth-order valence-corrected chi connectivity index (χ4v) is 2.08. The number of hydrogen-bond acceptors (Lipinski definition) is 1. The van der Waals surface area contributed by atoms with Crippen molar-refractivity contribution in [3.63, 3.8) is 0 Å². The summed E-state index contributed by atoms with van der Waals surface area (Å²) in [6.45, 7) is 3.09. The Bertz CT molecular complexity index is 282. The van der Waals surface area contributed by atoms with E-state index in [-0.39, 0.29) is 5.60 Å². The van der Waals surface area contributed by atoms with E-state index in [4.69, 9.17) is 4.74 Å². The van der Waals surface area contributed by atoms with Crippen molar-refractivity contribution >= 4 is 15.9 Å². The second-order valence-electron chi connectivity index (χ2n) is 3.45. The lowest BCUT2D eigenvalue weighted by Gasteiger charge is -2.41. The average Bonchev–Trinajstić information content (AvgIpc) is 2.07. The summed E-state index contributed by atoms with van der Waals surface area (Å²) in [5.74, 6) is 0. The van der Waals surface area contributed by atoms with Crippen molar-refractivity contribution in [1.82, 2.24) is 0 Å². The molecule has 1 heterocycles. The van der Waals surface area contributed by atoms with Gasteiger partial charge in [-0.1, -0.05) is 35.0 Å². The third-order valence-electron chi connectivity index (χ3n) is 2.83. The largest absolute Gasteiger partial charge is 0.370 e. The predicted molar refractivity (Wildman–Crippen MR) is 56.7 cm³/mol. The van der Waals surface area contributed by atoms with Gasteiger partial charge in [0.15, 0.2) is 0 Å². The van der Waals surface area contributed by atoms with Gasteiger partial charge in [-0.3, -0.25) is 0 Å². The fraction of sp³-hybridized carbons (Fsp3) is 0.455. The van der Waals surface area contributed by atoms with Gasteiger partial charge in [-0.2, -0.15) is 0 Å². The van der Waals surface area contributed by atoms with Crippen LogP contribution < -0.4 is 0 Å². The second kappa shape index (κ2) is 3.43. The molecule has 2 heteroatoms. The normalized spacial score (nSPS) is 26.9. The van der Waals surface area contributed by atoms with Gasteiger partial charge in [0.25, 0.3) is 0 Å². The zero-order valence-corrected chi connectivity index (χ0v) is 9.30. The molecule has 0 bridgehead atoms. The Morgan fingerprint density at radius 3 is 2.38 bits per heavy atom. The van der Waals surface area contributed by atoms with Crippen LogP contribution in [0.15, 0.2) is 28.7 Å². The van der Waals surface area contributed by atoms with E-state index in [0.29, 0.717) is 0 Å². The summed E-state index contributed by atoms with van der Waals surface area (Å²) in [4.78, 5) is 0. The summed E-state index contributed by atoms with van der Waals surface area (Å²) in [5, 5.41) is 0. The minimum Gasteiger partial charge on any atom is -0.370 e. The Hall–Kier alpha value is -0.340. The van der Waals surface area contributed by atoms with Crippen molar-refractivity contribution in [2.45, 2.75) is 25.4 Å². The van der Waals surface area contributed by atoms with Crippen molar-refractivity contribution in [1.29, 1.82) is 0 Å². The molecule has 0 amide bonds. The number of ether oxygens (including phenoxy) is 1. The molecule has 70 valence electrons. The molecule has 1 unspecified atom stereocenters. The van der Waals surface area contributed by atoms with Crippen LogP contribution in [0.2, 0.25) is 0 Å². The van der Waals surface area contributed by atoms with E-state index in [1.165, 1.54) is 5.56 Å². The van der Waals surface area contributed by atoms with E-state index in [9.17, 15) is 0 Å². The lowest BCUT2D eigenvalue weighted by Crippen LogP contribution is -2.40. The highest BCUT2D eigenvalue weighted by molar-refractivity contribution is 9.10. The van der Waals surface area contributed by atoms with Gasteiger partial charge in [-0.25, -0.2) is 0 Å². The van der Waals surface area contributed by atoms with Gasteiger partial charge in [0, 0.05) is 10.9 Å². The first-order valence-electron chi connectivity index (χ1n) is 4.67. The van der Waals surface area contributed by atoms with Gasteiger partial charge < -0.3 is 4.74 Å². The SMILES string of the molecule is CCC1(c2ccc(Br)cc2)CCO1. The molecule has 1 aliphatic heterocycles. The van der Waals surface area contributed by atoms with Gasteiger partial charge in [0.2, 0.25) is 0 Å². The van der Waals surface area contributed by atoms with Crippen molar-refractivity contribution in [2.24, 2.45) is 0 Å². The van der Waals surface area contributed by atoms with E-state index in [1.807, 2.05) is 0 Å². The highest BCUT2D eigenvalue weighted by Crippen LogP contribution is 2.40. The minimum absolute atomic E-state index is 0.0285. The number of halogens is 1. The Balaban J connectivity index is 2.28. The zero-order chi connectivity index (χ0) is 9.31. The van der Waals surface area contributed by atoms with E-state index in [2.05, 4.69) is 47.1 Å². The molecule has 13 heavy (non-hydrogen) atoms. The molecule has 0 spiro atoms. The Morgan fingerprint density at radius 2 is 2.00 bits per heavy atom. The van der Waals surface area contributed by atoms with E-state index >= 15 is 0 Å². The standard InChI is InChI=1S/C11H13BrO/c1-2-11(7-8-13-11)9-3-5-10(12)6-4-9/h3-6H,2,7-8H2,1H3. The van der Waals surface area contributed by atoms with Crippen LogP contribution in [0.25, 0.3) is 0 Å². The van der Waals surface area contributed by atoms with Crippen LogP contribution >= 0.6 is 15.9 Å². The van der Waals surface area contributed by atoms with Crippen molar-refractivity contribution in [3.05, 3.63) is 34.3 Å². The number of hydrogen-bond donors (Lipinski definition) is 0. The Morgan fingerprint density at radius 1 is 1.38 bits per heavy atom. The summed E-state index contributed by atoms with van der Waals surface area (Å²) in [7, 11) is 0. The third kappa shape index (κ3) is 1.53. The molecule has 0 radical (unpaired) electrons. The maximum atomic E-state index is 5.68. The molecule has 1 saturated heterocycles. The molecule has 1 nitrogen and oxygen atoms in total. The minimum atomic E-state index is 0.0285. The molecule has 0 aromatic heterocycles. The monoisotopic (exact) mass is 240 g/mol. The third-order valence-corrected chi connectivity index (χ3v) is 3.35. The van der Waals surface area contributed by atoms with E-state index < -0.39 is 0 Å². The smallest absolute Gasteiger partial charge is 0.0950 e.